The van der Waals surface area contributed by atoms with Crippen molar-refractivity contribution in [1.82, 2.24) is 10.2 Å². The number of anilines is 1. The molecule has 0 radical (unpaired) electrons. The average Bonchev–Trinajstić information content (AvgIpc) is 3.10. The molecule has 258 valence electrons. The standard InChI is InChI=1S/C40H46BrN3O4S/c1-29(2)33-18-22-36(23-19-33)44(49(47,48)37-24-14-30(3)15-25-37)28-39(45)43(27-32-16-20-34(41)21-17-32)38(26-31-10-6-4-7-11-31)40(46)42-35-12-8-5-9-13-35/h4,6-7,10-11,14-25,29,35,38H,5,8-9,12-13,26-28H2,1-3H3,(H,42,46). The van der Waals surface area contributed by atoms with E-state index in [0.29, 0.717) is 5.69 Å². The Morgan fingerprint density at radius 3 is 2.06 bits per heavy atom. The molecular formula is C40H46BrN3O4S. The molecule has 1 aliphatic carbocycles. The highest BCUT2D eigenvalue weighted by Gasteiger charge is 2.35. The van der Waals surface area contributed by atoms with Crippen LogP contribution in [0.2, 0.25) is 0 Å². The van der Waals surface area contributed by atoms with Crippen molar-refractivity contribution >= 4 is 43.5 Å². The van der Waals surface area contributed by atoms with E-state index in [2.05, 4.69) is 35.1 Å². The number of aryl methyl sites for hydroxylation is 1. The molecule has 4 aromatic carbocycles. The van der Waals surface area contributed by atoms with Crippen molar-refractivity contribution in [1.29, 1.82) is 0 Å². The van der Waals surface area contributed by atoms with Gasteiger partial charge in [0.15, 0.2) is 0 Å². The van der Waals surface area contributed by atoms with Crippen LogP contribution in [-0.4, -0.2) is 43.8 Å². The largest absolute Gasteiger partial charge is 0.352 e. The minimum absolute atomic E-state index is 0.0436. The summed E-state index contributed by atoms with van der Waals surface area (Å²) < 4.78 is 30.8. The number of nitrogens with one attached hydrogen (secondary N) is 1. The number of carbonyl (C=O) groups excluding carboxylic acids is 2. The molecule has 1 unspecified atom stereocenters. The smallest absolute Gasteiger partial charge is 0.264 e. The predicted octanol–water partition coefficient (Wildman–Crippen LogP) is 8.17. The Balaban J connectivity index is 1.56. The second-order valence-electron chi connectivity index (χ2n) is 13.3. The van der Waals surface area contributed by atoms with E-state index < -0.39 is 28.5 Å². The van der Waals surface area contributed by atoms with Crippen LogP contribution >= 0.6 is 15.9 Å². The SMILES string of the molecule is Cc1ccc(S(=O)(=O)N(CC(=O)N(Cc2ccc(Br)cc2)C(Cc2ccccc2)C(=O)NC2CCCCC2)c2ccc(C(C)C)cc2)cc1. The summed E-state index contributed by atoms with van der Waals surface area (Å²) in [6, 6.07) is 30.4. The van der Waals surface area contributed by atoms with Gasteiger partial charge in [-0.05, 0) is 78.8 Å². The summed E-state index contributed by atoms with van der Waals surface area (Å²) in [6.07, 6.45) is 5.35. The van der Waals surface area contributed by atoms with Gasteiger partial charge in [0.05, 0.1) is 10.6 Å². The first-order valence-corrected chi connectivity index (χ1v) is 19.3. The van der Waals surface area contributed by atoms with Crippen LogP contribution in [-0.2, 0) is 32.6 Å². The maximum atomic E-state index is 14.8. The lowest BCUT2D eigenvalue weighted by atomic mass is 9.94. The third-order valence-corrected chi connectivity index (χ3v) is 11.5. The Kier molecular flexibility index (Phi) is 12.3. The van der Waals surface area contributed by atoms with Crippen molar-refractivity contribution in [3.05, 3.63) is 130 Å². The van der Waals surface area contributed by atoms with Gasteiger partial charge >= 0.3 is 0 Å². The van der Waals surface area contributed by atoms with Crippen molar-refractivity contribution in [2.45, 2.75) is 88.7 Å². The van der Waals surface area contributed by atoms with E-state index in [-0.39, 0.29) is 35.7 Å². The number of hydrogen-bond donors (Lipinski definition) is 1. The van der Waals surface area contributed by atoms with E-state index in [1.807, 2.05) is 73.7 Å². The first-order chi connectivity index (χ1) is 23.5. The topological polar surface area (TPSA) is 86.8 Å². The summed E-state index contributed by atoms with van der Waals surface area (Å²) in [7, 11) is -4.16. The van der Waals surface area contributed by atoms with Crippen LogP contribution < -0.4 is 9.62 Å². The Labute approximate surface area is 299 Å². The first kappa shape index (κ1) is 36.3. The van der Waals surface area contributed by atoms with Crippen molar-refractivity contribution in [3.8, 4) is 0 Å². The van der Waals surface area contributed by atoms with Gasteiger partial charge < -0.3 is 10.2 Å². The molecule has 0 aromatic heterocycles. The highest BCUT2D eigenvalue weighted by atomic mass is 79.9. The molecule has 0 spiro atoms. The molecule has 1 aliphatic rings. The average molecular weight is 745 g/mol. The fraction of sp³-hybridized carbons (Fsp3) is 0.350. The monoisotopic (exact) mass is 743 g/mol. The molecule has 2 amide bonds. The number of nitrogens with zero attached hydrogens (tertiary/aromatic N) is 2. The van der Waals surface area contributed by atoms with Gasteiger partial charge in [0.2, 0.25) is 11.8 Å². The summed E-state index contributed by atoms with van der Waals surface area (Å²) in [5.74, 6) is -0.442. The summed E-state index contributed by atoms with van der Waals surface area (Å²) in [5, 5.41) is 3.26. The van der Waals surface area contributed by atoms with Crippen LogP contribution in [0.3, 0.4) is 0 Å². The minimum atomic E-state index is -4.16. The summed E-state index contributed by atoms with van der Waals surface area (Å²) in [4.78, 5) is 30.7. The van der Waals surface area contributed by atoms with Crippen molar-refractivity contribution in [2.24, 2.45) is 0 Å². The third kappa shape index (κ3) is 9.61. The first-order valence-electron chi connectivity index (χ1n) is 17.1. The van der Waals surface area contributed by atoms with E-state index in [9.17, 15) is 18.0 Å². The molecule has 0 saturated heterocycles. The third-order valence-electron chi connectivity index (χ3n) is 9.22. The molecule has 7 nitrogen and oxygen atoms in total. The van der Waals surface area contributed by atoms with Crippen LogP contribution in [0, 0.1) is 6.92 Å². The molecule has 0 aliphatic heterocycles. The molecule has 1 fully saturated rings. The second kappa shape index (κ2) is 16.6. The Morgan fingerprint density at radius 2 is 1.45 bits per heavy atom. The van der Waals surface area contributed by atoms with Crippen molar-refractivity contribution in [2.75, 3.05) is 10.8 Å². The van der Waals surface area contributed by atoms with E-state index in [1.54, 1.807) is 41.3 Å². The van der Waals surface area contributed by atoms with Gasteiger partial charge in [0.25, 0.3) is 10.0 Å². The zero-order valence-corrected chi connectivity index (χ0v) is 30.9. The molecule has 0 heterocycles. The van der Waals surface area contributed by atoms with Crippen LogP contribution in [0.15, 0.2) is 112 Å². The second-order valence-corrected chi connectivity index (χ2v) is 16.0. The minimum Gasteiger partial charge on any atom is -0.352 e. The molecule has 9 heteroatoms. The van der Waals surface area contributed by atoms with E-state index >= 15 is 0 Å². The highest BCUT2D eigenvalue weighted by molar-refractivity contribution is 9.10. The van der Waals surface area contributed by atoms with Gasteiger partial charge in [-0.3, -0.25) is 13.9 Å². The Bertz CT molecular complexity index is 1790. The fourth-order valence-corrected chi connectivity index (χ4v) is 7.95. The lowest BCUT2D eigenvalue weighted by molar-refractivity contribution is -0.140. The number of halogens is 1. The lowest BCUT2D eigenvalue weighted by Gasteiger charge is -2.35. The van der Waals surface area contributed by atoms with Crippen LogP contribution in [0.4, 0.5) is 5.69 Å². The molecule has 0 bridgehead atoms. The number of sulfonamides is 1. The molecule has 1 atom stereocenters. The predicted molar refractivity (Wildman–Crippen MR) is 200 cm³/mol. The van der Waals surface area contributed by atoms with Gasteiger partial charge in [-0.15, -0.1) is 0 Å². The fourth-order valence-electron chi connectivity index (χ4n) is 6.28. The van der Waals surface area contributed by atoms with Gasteiger partial charge in [0, 0.05) is 23.5 Å². The van der Waals surface area contributed by atoms with E-state index in [1.165, 1.54) is 4.31 Å². The Morgan fingerprint density at radius 1 is 0.816 bits per heavy atom. The van der Waals surface area contributed by atoms with Crippen molar-refractivity contribution < 1.29 is 18.0 Å². The molecular weight excluding hydrogens is 698 g/mol. The summed E-state index contributed by atoms with van der Waals surface area (Å²) in [6.45, 7) is 5.70. The number of carbonyl (C=O) groups is 2. The number of hydrogen-bond acceptors (Lipinski definition) is 4. The van der Waals surface area contributed by atoms with Gasteiger partial charge in [-0.2, -0.15) is 0 Å². The summed E-state index contributed by atoms with van der Waals surface area (Å²) in [5.41, 5.74) is 4.11. The van der Waals surface area contributed by atoms with Gasteiger partial charge in [-0.1, -0.05) is 121 Å². The van der Waals surface area contributed by atoms with E-state index in [4.69, 9.17) is 0 Å². The number of rotatable bonds is 13. The maximum Gasteiger partial charge on any atom is 0.264 e. The normalized spacial score (nSPS) is 14.3. The molecule has 5 rings (SSSR count). The quantitative estimate of drug-likeness (QED) is 0.150. The van der Waals surface area contributed by atoms with Crippen LogP contribution in [0.5, 0.6) is 0 Å². The molecule has 1 saturated carbocycles. The molecule has 49 heavy (non-hydrogen) atoms. The zero-order chi connectivity index (χ0) is 35.0. The van der Waals surface area contributed by atoms with Crippen LogP contribution in [0.1, 0.15) is 74.1 Å². The van der Waals surface area contributed by atoms with Gasteiger partial charge in [-0.25, -0.2) is 8.42 Å². The maximum absolute atomic E-state index is 14.8. The summed E-state index contributed by atoms with van der Waals surface area (Å²) >= 11 is 3.50. The molecule has 1 N–H and O–H groups in total. The lowest BCUT2D eigenvalue weighted by Crippen LogP contribution is -2.55. The van der Waals surface area contributed by atoms with Crippen molar-refractivity contribution in [3.63, 3.8) is 0 Å². The van der Waals surface area contributed by atoms with Crippen LogP contribution in [0.25, 0.3) is 0 Å². The number of benzene rings is 4. The van der Waals surface area contributed by atoms with E-state index in [0.717, 1.165) is 58.8 Å². The van der Waals surface area contributed by atoms with Gasteiger partial charge in [0.1, 0.15) is 12.6 Å². The molecule has 4 aromatic rings. The Hall–Kier alpha value is -3.95. The zero-order valence-electron chi connectivity index (χ0n) is 28.5. The highest BCUT2D eigenvalue weighted by Crippen LogP contribution is 2.28. The number of amides is 2.